The van der Waals surface area contributed by atoms with Gasteiger partial charge in [0.1, 0.15) is 0 Å². The van der Waals surface area contributed by atoms with Crippen molar-refractivity contribution in [3.05, 3.63) is 0 Å². The average Bonchev–Trinajstić information content (AvgIpc) is 2.17. The summed E-state index contributed by atoms with van der Waals surface area (Å²) in [7, 11) is 1.82. The first-order valence-corrected chi connectivity index (χ1v) is 5.05. The average molecular weight is 200 g/mol. The molecule has 4 heteroatoms. The number of aliphatic hydroxyl groups excluding tert-OH is 1. The van der Waals surface area contributed by atoms with E-state index in [4.69, 9.17) is 5.11 Å². The molecule has 0 spiro atoms. The molecule has 0 saturated carbocycles. The van der Waals surface area contributed by atoms with E-state index in [-0.39, 0.29) is 24.0 Å². The highest BCUT2D eigenvalue weighted by atomic mass is 16.3. The SMILES string of the molecule is CN1CC(C)(C)CNC(CCO)C1=O. The Balaban J connectivity index is 2.69. The molecule has 1 heterocycles. The lowest BCUT2D eigenvalue weighted by atomic mass is 9.93. The number of rotatable bonds is 2. The first-order valence-electron chi connectivity index (χ1n) is 5.05. The van der Waals surface area contributed by atoms with E-state index >= 15 is 0 Å². The summed E-state index contributed by atoms with van der Waals surface area (Å²) in [4.78, 5) is 13.5. The Morgan fingerprint density at radius 3 is 2.86 bits per heavy atom. The van der Waals surface area contributed by atoms with Crippen LogP contribution in [0.1, 0.15) is 20.3 Å². The van der Waals surface area contributed by atoms with Gasteiger partial charge >= 0.3 is 0 Å². The van der Waals surface area contributed by atoms with Crippen molar-refractivity contribution in [2.24, 2.45) is 5.41 Å². The highest BCUT2D eigenvalue weighted by Crippen LogP contribution is 2.19. The molecule has 0 aliphatic carbocycles. The summed E-state index contributed by atoms with van der Waals surface area (Å²) in [6.07, 6.45) is 0.499. The van der Waals surface area contributed by atoms with Crippen LogP contribution < -0.4 is 5.32 Å². The summed E-state index contributed by atoms with van der Waals surface area (Å²) in [5.74, 6) is 0.0876. The summed E-state index contributed by atoms with van der Waals surface area (Å²) >= 11 is 0. The van der Waals surface area contributed by atoms with Gasteiger partial charge in [-0.3, -0.25) is 4.79 Å². The Bertz CT molecular complexity index is 216. The smallest absolute Gasteiger partial charge is 0.239 e. The Kier molecular flexibility index (Phi) is 3.50. The molecule has 0 radical (unpaired) electrons. The fourth-order valence-corrected chi connectivity index (χ4v) is 1.88. The van der Waals surface area contributed by atoms with Crippen molar-refractivity contribution in [1.82, 2.24) is 10.2 Å². The fraction of sp³-hybridized carbons (Fsp3) is 0.900. The van der Waals surface area contributed by atoms with Gasteiger partial charge in [-0.05, 0) is 11.8 Å². The van der Waals surface area contributed by atoms with Gasteiger partial charge in [-0.2, -0.15) is 0 Å². The molecule has 1 aliphatic rings. The van der Waals surface area contributed by atoms with Crippen LogP contribution >= 0.6 is 0 Å². The first kappa shape index (κ1) is 11.5. The van der Waals surface area contributed by atoms with Crippen molar-refractivity contribution in [3.63, 3.8) is 0 Å². The fourth-order valence-electron chi connectivity index (χ4n) is 1.88. The standard InChI is InChI=1S/C10H20N2O2/c1-10(2)6-11-8(4-5-13)9(14)12(3)7-10/h8,11,13H,4-7H2,1-3H3. The number of carbonyl (C=O) groups is 1. The van der Waals surface area contributed by atoms with E-state index in [9.17, 15) is 4.79 Å². The number of aliphatic hydroxyl groups is 1. The molecule has 4 nitrogen and oxygen atoms in total. The number of hydrogen-bond acceptors (Lipinski definition) is 3. The third-order valence-electron chi connectivity index (χ3n) is 2.58. The van der Waals surface area contributed by atoms with Crippen LogP contribution in [0.15, 0.2) is 0 Å². The summed E-state index contributed by atoms with van der Waals surface area (Å²) in [5, 5.41) is 12.0. The van der Waals surface area contributed by atoms with E-state index < -0.39 is 0 Å². The third kappa shape index (κ3) is 2.69. The lowest BCUT2D eigenvalue weighted by Gasteiger charge is -2.26. The van der Waals surface area contributed by atoms with Crippen molar-refractivity contribution < 1.29 is 9.90 Å². The molecule has 14 heavy (non-hydrogen) atoms. The lowest BCUT2D eigenvalue weighted by molar-refractivity contribution is -0.132. The van der Waals surface area contributed by atoms with Gasteiger partial charge in [0.25, 0.3) is 0 Å². The molecule has 0 aromatic carbocycles. The van der Waals surface area contributed by atoms with Crippen LogP contribution in [0.5, 0.6) is 0 Å². The molecule has 1 rings (SSSR count). The summed E-state index contributed by atoms with van der Waals surface area (Å²) < 4.78 is 0. The largest absolute Gasteiger partial charge is 0.396 e. The summed E-state index contributed by atoms with van der Waals surface area (Å²) in [5.41, 5.74) is 0.106. The van der Waals surface area contributed by atoms with Crippen LogP contribution in [0.3, 0.4) is 0 Å². The zero-order valence-electron chi connectivity index (χ0n) is 9.21. The van der Waals surface area contributed by atoms with Crippen molar-refractivity contribution in [1.29, 1.82) is 0 Å². The highest BCUT2D eigenvalue weighted by molar-refractivity contribution is 5.82. The van der Waals surface area contributed by atoms with E-state index in [1.165, 1.54) is 0 Å². The van der Waals surface area contributed by atoms with Crippen molar-refractivity contribution >= 4 is 5.91 Å². The van der Waals surface area contributed by atoms with Crippen molar-refractivity contribution in [2.75, 3.05) is 26.7 Å². The zero-order valence-corrected chi connectivity index (χ0v) is 9.21. The number of hydrogen-bond donors (Lipinski definition) is 2. The number of nitrogens with zero attached hydrogens (tertiary/aromatic N) is 1. The Hall–Kier alpha value is -0.610. The molecular weight excluding hydrogens is 180 g/mol. The number of amides is 1. The molecule has 1 atom stereocenters. The van der Waals surface area contributed by atoms with Gasteiger partial charge in [0.2, 0.25) is 5.91 Å². The first-order chi connectivity index (χ1) is 6.46. The van der Waals surface area contributed by atoms with Crippen LogP contribution in [0.2, 0.25) is 0 Å². The molecule has 1 unspecified atom stereocenters. The van der Waals surface area contributed by atoms with E-state index in [1.54, 1.807) is 4.90 Å². The van der Waals surface area contributed by atoms with E-state index in [0.717, 1.165) is 13.1 Å². The monoisotopic (exact) mass is 200 g/mol. The van der Waals surface area contributed by atoms with Crippen molar-refractivity contribution in [3.8, 4) is 0 Å². The van der Waals surface area contributed by atoms with E-state index in [2.05, 4.69) is 19.2 Å². The minimum absolute atomic E-state index is 0.0532. The van der Waals surface area contributed by atoms with Crippen LogP contribution in [0.4, 0.5) is 0 Å². The molecule has 1 aliphatic heterocycles. The van der Waals surface area contributed by atoms with Gasteiger partial charge in [0.05, 0.1) is 6.04 Å². The normalized spacial score (nSPS) is 27.6. The second-order valence-corrected chi connectivity index (χ2v) is 4.80. The maximum atomic E-state index is 11.8. The molecule has 1 fully saturated rings. The predicted molar refractivity (Wildman–Crippen MR) is 54.9 cm³/mol. The maximum Gasteiger partial charge on any atom is 0.239 e. The molecule has 0 aromatic rings. The number of likely N-dealkylation sites (N-methyl/N-ethyl adjacent to an activating group) is 1. The van der Waals surface area contributed by atoms with Crippen LogP contribution in [0.25, 0.3) is 0 Å². The zero-order chi connectivity index (χ0) is 10.8. The van der Waals surface area contributed by atoms with Gasteiger partial charge in [-0.15, -0.1) is 0 Å². The minimum atomic E-state index is -0.216. The van der Waals surface area contributed by atoms with Crippen molar-refractivity contribution in [2.45, 2.75) is 26.3 Å². The molecule has 0 bridgehead atoms. The molecule has 1 amide bonds. The van der Waals surface area contributed by atoms with Crippen LogP contribution in [-0.4, -0.2) is 48.7 Å². The van der Waals surface area contributed by atoms with E-state index in [0.29, 0.717) is 6.42 Å². The molecule has 2 N–H and O–H groups in total. The Morgan fingerprint density at radius 2 is 2.29 bits per heavy atom. The van der Waals surface area contributed by atoms with Gasteiger partial charge in [-0.25, -0.2) is 0 Å². The molecule has 1 saturated heterocycles. The number of nitrogens with one attached hydrogen (secondary N) is 1. The van der Waals surface area contributed by atoms with Gasteiger partial charge in [0.15, 0.2) is 0 Å². The molecule has 0 aromatic heterocycles. The van der Waals surface area contributed by atoms with Gasteiger partial charge in [-0.1, -0.05) is 13.8 Å². The maximum absolute atomic E-state index is 11.8. The van der Waals surface area contributed by atoms with Gasteiger partial charge in [0, 0.05) is 26.7 Å². The predicted octanol–water partition coefficient (Wildman–Crippen LogP) is -0.175. The molecular formula is C10H20N2O2. The minimum Gasteiger partial charge on any atom is -0.396 e. The lowest BCUT2D eigenvalue weighted by Crippen LogP contribution is -2.42. The Morgan fingerprint density at radius 1 is 1.64 bits per heavy atom. The molecule has 82 valence electrons. The topological polar surface area (TPSA) is 52.6 Å². The van der Waals surface area contributed by atoms with Crippen LogP contribution in [0, 0.1) is 5.41 Å². The highest BCUT2D eigenvalue weighted by Gasteiger charge is 2.31. The second kappa shape index (κ2) is 4.28. The van der Waals surface area contributed by atoms with Crippen LogP contribution in [-0.2, 0) is 4.79 Å². The second-order valence-electron chi connectivity index (χ2n) is 4.80. The van der Waals surface area contributed by atoms with Gasteiger partial charge < -0.3 is 15.3 Å². The summed E-state index contributed by atoms with van der Waals surface area (Å²) in [6, 6.07) is -0.216. The Labute approximate surface area is 85.3 Å². The van der Waals surface area contributed by atoms with E-state index in [1.807, 2.05) is 7.05 Å². The quantitative estimate of drug-likeness (QED) is 0.650. The number of carbonyl (C=O) groups excluding carboxylic acids is 1. The summed E-state index contributed by atoms with van der Waals surface area (Å²) in [6.45, 7) is 5.89. The third-order valence-corrected chi connectivity index (χ3v) is 2.58.